The van der Waals surface area contributed by atoms with E-state index in [4.69, 9.17) is 0 Å². The number of nitrogens with one attached hydrogen (secondary N) is 1. The van der Waals surface area contributed by atoms with E-state index in [0.717, 1.165) is 31.2 Å². The summed E-state index contributed by atoms with van der Waals surface area (Å²) >= 11 is 0. The van der Waals surface area contributed by atoms with Gasteiger partial charge < -0.3 is 15.3 Å². The van der Waals surface area contributed by atoms with Crippen LogP contribution in [0.4, 0.5) is 0 Å². The van der Waals surface area contributed by atoms with E-state index in [1.165, 1.54) is 0 Å². The lowest BCUT2D eigenvalue weighted by Gasteiger charge is -2.32. The zero-order valence-corrected chi connectivity index (χ0v) is 14.6. The second kappa shape index (κ2) is 7.83. The van der Waals surface area contributed by atoms with E-state index >= 15 is 0 Å². The van der Waals surface area contributed by atoms with Gasteiger partial charge in [-0.1, -0.05) is 12.1 Å². The molecule has 1 aromatic rings. The highest BCUT2D eigenvalue weighted by molar-refractivity contribution is 5.95. The topological polar surface area (TPSA) is 69.6 Å². The van der Waals surface area contributed by atoms with Gasteiger partial charge in [0.2, 0.25) is 5.91 Å². The van der Waals surface area contributed by atoms with Crippen LogP contribution in [0, 0.1) is 5.92 Å². The molecule has 2 N–H and O–H groups in total. The molecule has 1 saturated carbocycles. The number of likely N-dealkylation sites (tertiary alicyclic amines) is 1. The van der Waals surface area contributed by atoms with E-state index in [2.05, 4.69) is 5.32 Å². The monoisotopic (exact) mass is 342 g/mol. The molecule has 5 heteroatoms. The number of amides is 2. The molecule has 1 heterocycles. The number of hydrogen-bond donors (Lipinski definition) is 2. The van der Waals surface area contributed by atoms with Crippen LogP contribution in [-0.2, 0) is 4.79 Å². The average molecular weight is 342 g/mol. The number of hydrogen-bond acceptors (Lipinski definition) is 3. The zero-order chi connectivity index (χ0) is 17.8. The third-order valence-electron chi connectivity index (χ3n) is 5.04. The van der Waals surface area contributed by atoms with Gasteiger partial charge in [0.1, 0.15) is 0 Å². The van der Waals surface area contributed by atoms with Crippen LogP contribution >= 0.6 is 0 Å². The number of carbonyl (C=O) groups excluding carboxylic acids is 2. The number of piperidine rings is 1. The van der Waals surface area contributed by atoms with Gasteiger partial charge >= 0.3 is 0 Å². The average Bonchev–Trinajstić information content (AvgIpc) is 3.44. The first-order chi connectivity index (χ1) is 12.0. The Labute approximate surface area is 148 Å². The van der Waals surface area contributed by atoms with Crippen LogP contribution in [0.2, 0.25) is 0 Å². The first-order valence-corrected chi connectivity index (χ1v) is 9.09. The first kappa shape index (κ1) is 17.7. The molecule has 1 aliphatic carbocycles. The van der Waals surface area contributed by atoms with Gasteiger partial charge in [0.05, 0.1) is 6.10 Å². The van der Waals surface area contributed by atoms with Crippen molar-refractivity contribution in [1.82, 2.24) is 10.2 Å². The molecule has 2 aliphatic rings. The maximum absolute atomic E-state index is 12.3. The fourth-order valence-corrected chi connectivity index (χ4v) is 3.12. The lowest BCUT2D eigenvalue weighted by Crippen LogP contribution is -2.39. The molecular formula is C20H26N2O3. The van der Waals surface area contributed by atoms with Crippen molar-refractivity contribution in [3.8, 4) is 0 Å². The predicted octanol–water partition coefficient (Wildman–Crippen LogP) is 2.21. The summed E-state index contributed by atoms with van der Waals surface area (Å²) in [6, 6.07) is 7.63. The van der Waals surface area contributed by atoms with Crippen LogP contribution in [0.5, 0.6) is 0 Å². The van der Waals surface area contributed by atoms with Crippen LogP contribution in [0.3, 0.4) is 0 Å². The van der Waals surface area contributed by atoms with Gasteiger partial charge in [-0.2, -0.15) is 0 Å². The molecule has 2 amide bonds. The molecule has 1 aliphatic heterocycles. The van der Waals surface area contributed by atoms with E-state index < -0.39 is 0 Å². The maximum atomic E-state index is 12.3. The van der Waals surface area contributed by atoms with Crippen LogP contribution in [-0.4, -0.2) is 47.1 Å². The minimum atomic E-state index is -0.302. The summed E-state index contributed by atoms with van der Waals surface area (Å²) in [6.07, 6.45) is 6.91. The SMILES string of the molecule is CC(O)C1CCN(C(=O)C=Cc2ccc(C(=O)NC3CC3)cc2)CC1. The highest BCUT2D eigenvalue weighted by Crippen LogP contribution is 2.21. The van der Waals surface area contributed by atoms with Crippen molar-refractivity contribution in [2.75, 3.05) is 13.1 Å². The normalized spacial score (nSPS) is 19.8. The summed E-state index contributed by atoms with van der Waals surface area (Å²) in [7, 11) is 0. The van der Waals surface area contributed by atoms with Crippen molar-refractivity contribution in [3.63, 3.8) is 0 Å². The zero-order valence-electron chi connectivity index (χ0n) is 14.6. The summed E-state index contributed by atoms with van der Waals surface area (Å²) in [5, 5.41) is 12.6. The maximum Gasteiger partial charge on any atom is 0.251 e. The fraction of sp³-hybridized carbons (Fsp3) is 0.500. The van der Waals surface area contributed by atoms with E-state index in [-0.39, 0.29) is 17.9 Å². The van der Waals surface area contributed by atoms with Crippen molar-refractivity contribution in [3.05, 3.63) is 41.5 Å². The predicted molar refractivity (Wildman–Crippen MR) is 96.9 cm³/mol. The molecular weight excluding hydrogens is 316 g/mol. The van der Waals surface area contributed by atoms with Gasteiger partial charge in [0.15, 0.2) is 0 Å². The summed E-state index contributed by atoms with van der Waals surface area (Å²) in [4.78, 5) is 26.0. The van der Waals surface area contributed by atoms with Crippen molar-refractivity contribution >= 4 is 17.9 Å². The van der Waals surface area contributed by atoms with Crippen molar-refractivity contribution < 1.29 is 14.7 Å². The number of carbonyl (C=O) groups is 2. The Morgan fingerprint density at radius 2 is 1.80 bits per heavy atom. The molecule has 0 radical (unpaired) electrons. The van der Waals surface area contributed by atoms with Crippen molar-refractivity contribution in [2.24, 2.45) is 5.92 Å². The lowest BCUT2D eigenvalue weighted by atomic mass is 9.92. The van der Waals surface area contributed by atoms with Gasteiger partial charge in [-0.15, -0.1) is 0 Å². The van der Waals surface area contributed by atoms with Gasteiger partial charge in [0, 0.05) is 30.8 Å². The van der Waals surface area contributed by atoms with Gasteiger partial charge in [-0.25, -0.2) is 0 Å². The molecule has 0 bridgehead atoms. The Kier molecular flexibility index (Phi) is 5.53. The third-order valence-corrected chi connectivity index (χ3v) is 5.04. The number of aliphatic hydroxyl groups is 1. The standard InChI is InChI=1S/C20H26N2O3/c1-14(23)16-10-12-22(13-11-16)19(24)9-4-15-2-5-17(6-3-15)20(25)21-18-7-8-18/h2-6,9,14,16,18,23H,7-8,10-13H2,1H3,(H,21,25). The Balaban J connectivity index is 1.51. The molecule has 0 spiro atoms. The molecule has 134 valence electrons. The molecule has 5 nitrogen and oxygen atoms in total. The van der Waals surface area contributed by atoms with Gasteiger partial charge in [-0.3, -0.25) is 9.59 Å². The van der Waals surface area contributed by atoms with Crippen LogP contribution in [0.15, 0.2) is 30.3 Å². The Morgan fingerprint density at radius 3 is 2.36 bits per heavy atom. The van der Waals surface area contributed by atoms with Gasteiger partial charge in [0.25, 0.3) is 5.91 Å². The molecule has 1 aromatic carbocycles. The lowest BCUT2D eigenvalue weighted by molar-refractivity contribution is -0.127. The Hall–Kier alpha value is -2.14. The molecule has 2 fully saturated rings. The molecule has 1 atom stereocenters. The quantitative estimate of drug-likeness (QED) is 0.806. The van der Waals surface area contributed by atoms with Crippen LogP contribution < -0.4 is 5.32 Å². The highest BCUT2D eigenvalue weighted by Gasteiger charge is 2.25. The van der Waals surface area contributed by atoms with E-state index in [1.807, 2.05) is 24.0 Å². The summed E-state index contributed by atoms with van der Waals surface area (Å²) in [6.45, 7) is 3.20. The second-order valence-electron chi connectivity index (χ2n) is 7.11. The van der Waals surface area contributed by atoms with Gasteiger partial charge in [-0.05, 0) is 62.3 Å². The summed E-state index contributed by atoms with van der Waals surface area (Å²) < 4.78 is 0. The van der Waals surface area contributed by atoms with Crippen molar-refractivity contribution in [2.45, 2.75) is 44.8 Å². The molecule has 1 unspecified atom stereocenters. The minimum absolute atomic E-state index is 0.000374. The number of rotatable bonds is 5. The van der Waals surface area contributed by atoms with E-state index in [9.17, 15) is 14.7 Å². The Bertz CT molecular complexity index is 639. The minimum Gasteiger partial charge on any atom is -0.393 e. The number of benzene rings is 1. The fourth-order valence-electron chi connectivity index (χ4n) is 3.12. The molecule has 3 rings (SSSR count). The molecule has 0 aromatic heterocycles. The van der Waals surface area contributed by atoms with E-state index in [0.29, 0.717) is 30.6 Å². The molecule has 25 heavy (non-hydrogen) atoms. The summed E-state index contributed by atoms with van der Waals surface area (Å²) in [5.41, 5.74) is 1.55. The largest absolute Gasteiger partial charge is 0.393 e. The highest BCUT2D eigenvalue weighted by atomic mass is 16.3. The summed E-state index contributed by atoms with van der Waals surface area (Å²) in [5.74, 6) is 0.261. The number of aliphatic hydroxyl groups excluding tert-OH is 1. The number of nitrogens with zero attached hydrogens (tertiary/aromatic N) is 1. The van der Waals surface area contributed by atoms with E-state index in [1.54, 1.807) is 24.3 Å². The second-order valence-corrected chi connectivity index (χ2v) is 7.11. The van der Waals surface area contributed by atoms with Crippen LogP contribution in [0.1, 0.15) is 48.5 Å². The first-order valence-electron chi connectivity index (χ1n) is 9.09. The molecule has 1 saturated heterocycles. The third kappa shape index (κ3) is 4.92. The smallest absolute Gasteiger partial charge is 0.251 e. The van der Waals surface area contributed by atoms with Crippen LogP contribution in [0.25, 0.3) is 6.08 Å². The van der Waals surface area contributed by atoms with Crippen molar-refractivity contribution in [1.29, 1.82) is 0 Å². The Morgan fingerprint density at radius 1 is 1.16 bits per heavy atom.